The van der Waals surface area contributed by atoms with Gasteiger partial charge in [0.25, 0.3) is 0 Å². The van der Waals surface area contributed by atoms with E-state index in [9.17, 15) is 0 Å². The van der Waals surface area contributed by atoms with Gasteiger partial charge in [0.15, 0.2) is 0 Å². The van der Waals surface area contributed by atoms with Crippen molar-refractivity contribution in [3.8, 4) is 50.5 Å². The van der Waals surface area contributed by atoms with E-state index in [1.165, 1.54) is 5.56 Å². The van der Waals surface area contributed by atoms with Gasteiger partial charge in [-0.25, -0.2) is 4.98 Å². The van der Waals surface area contributed by atoms with Gasteiger partial charge < -0.3 is 8.83 Å². The zero-order chi connectivity index (χ0) is 28.0. The molecular weight excluding hydrogens is 516 g/mol. The largest absolute Gasteiger partial charge is 0.472 e. The van der Waals surface area contributed by atoms with Gasteiger partial charge in [0, 0.05) is 22.1 Å². The first-order valence-electron chi connectivity index (χ1n) is 14.0. The molecule has 0 amide bonds. The maximum absolute atomic E-state index is 6.13. The first-order valence-corrected chi connectivity index (χ1v) is 14.0. The van der Waals surface area contributed by atoms with Crippen LogP contribution in [0, 0.1) is 6.92 Å². The number of benzene rings is 5. The first-order chi connectivity index (χ1) is 20.7. The van der Waals surface area contributed by atoms with Crippen LogP contribution in [0.15, 0.2) is 149 Å². The highest BCUT2D eigenvalue weighted by molar-refractivity contribution is 5.99. The van der Waals surface area contributed by atoms with Crippen molar-refractivity contribution in [1.29, 1.82) is 0 Å². The van der Waals surface area contributed by atoms with Crippen molar-refractivity contribution in [3.63, 3.8) is 0 Å². The molecule has 0 atom stereocenters. The summed E-state index contributed by atoms with van der Waals surface area (Å²) in [4.78, 5) is 5.25. The molecular formula is C38H26N2O2. The zero-order valence-electron chi connectivity index (χ0n) is 23.0. The average Bonchev–Trinajstić information content (AvgIpc) is 3.80. The van der Waals surface area contributed by atoms with Crippen LogP contribution in [-0.4, -0.2) is 9.55 Å². The summed E-state index contributed by atoms with van der Waals surface area (Å²) in [6, 6.07) is 42.3. The van der Waals surface area contributed by atoms with Gasteiger partial charge in [-0.1, -0.05) is 78.9 Å². The smallest absolute Gasteiger partial charge is 0.149 e. The van der Waals surface area contributed by atoms with Gasteiger partial charge in [-0.3, -0.25) is 4.57 Å². The van der Waals surface area contributed by atoms with Gasteiger partial charge in [0.2, 0.25) is 0 Å². The molecule has 8 rings (SSSR count). The summed E-state index contributed by atoms with van der Waals surface area (Å²) in [7, 11) is 0. The first kappa shape index (κ1) is 24.2. The molecule has 4 heteroatoms. The molecule has 0 aliphatic heterocycles. The van der Waals surface area contributed by atoms with Crippen molar-refractivity contribution in [2.24, 2.45) is 0 Å². The lowest BCUT2D eigenvalue weighted by atomic mass is 9.93. The summed E-state index contributed by atoms with van der Waals surface area (Å²) in [5.74, 6) is 0.831. The van der Waals surface area contributed by atoms with E-state index in [0.717, 1.165) is 72.5 Å². The van der Waals surface area contributed by atoms with Crippen LogP contribution in [0.1, 0.15) is 5.56 Å². The molecule has 0 saturated carbocycles. The Bertz CT molecular complexity index is 2130. The predicted molar refractivity (Wildman–Crippen MR) is 170 cm³/mol. The Morgan fingerprint density at radius 3 is 1.98 bits per heavy atom. The third kappa shape index (κ3) is 3.96. The Morgan fingerprint density at radius 2 is 1.29 bits per heavy atom. The number of rotatable bonds is 5. The summed E-state index contributed by atoms with van der Waals surface area (Å²) in [5, 5.41) is 1.000. The van der Waals surface area contributed by atoms with E-state index in [4.69, 9.17) is 13.8 Å². The zero-order valence-corrected chi connectivity index (χ0v) is 23.0. The van der Waals surface area contributed by atoms with Crippen LogP contribution in [0.4, 0.5) is 0 Å². The number of hydrogen-bond donors (Lipinski definition) is 0. The van der Waals surface area contributed by atoms with Gasteiger partial charge in [-0.05, 0) is 71.6 Å². The van der Waals surface area contributed by atoms with Crippen molar-refractivity contribution in [2.75, 3.05) is 0 Å². The minimum atomic E-state index is 0.811. The molecule has 0 unspecified atom stereocenters. The Hall–Kier alpha value is -5.61. The molecule has 0 aliphatic carbocycles. The maximum Gasteiger partial charge on any atom is 0.149 e. The molecule has 3 heterocycles. The van der Waals surface area contributed by atoms with Gasteiger partial charge in [-0.15, -0.1) is 0 Å². The van der Waals surface area contributed by atoms with Crippen LogP contribution in [0.25, 0.3) is 72.5 Å². The minimum absolute atomic E-state index is 0.811. The van der Waals surface area contributed by atoms with E-state index in [1.807, 2.05) is 24.5 Å². The topological polar surface area (TPSA) is 44.1 Å². The molecule has 0 N–H and O–H groups in total. The van der Waals surface area contributed by atoms with E-state index >= 15 is 0 Å². The van der Waals surface area contributed by atoms with E-state index in [1.54, 1.807) is 12.5 Å². The number of fused-ring (bicyclic) bond motifs is 2. The second kappa shape index (κ2) is 9.79. The molecule has 42 heavy (non-hydrogen) atoms. The molecule has 0 radical (unpaired) electrons. The number of imidazole rings is 1. The highest BCUT2D eigenvalue weighted by Gasteiger charge is 2.24. The molecule has 200 valence electrons. The molecule has 3 aromatic heterocycles. The van der Waals surface area contributed by atoms with Crippen LogP contribution in [0.2, 0.25) is 0 Å². The Balaban J connectivity index is 1.49. The van der Waals surface area contributed by atoms with Crippen LogP contribution in [0.3, 0.4) is 0 Å². The standard InChI is InChI=1S/C38H26N2O2/c1-25-20-30(26-10-4-2-5-11-26)37(31(21-25)27-12-6-3-7-13-27)40-35-15-9-8-14-34(35)39-38(40)33-24-42-36-17-16-28(22-32(33)36)29-18-19-41-23-29/h2-24H,1H3. The third-order valence-corrected chi connectivity index (χ3v) is 7.88. The van der Waals surface area contributed by atoms with Crippen molar-refractivity contribution in [2.45, 2.75) is 6.92 Å². The Morgan fingerprint density at radius 1 is 0.595 bits per heavy atom. The molecule has 0 aliphatic rings. The molecule has 8 aromatic rings. The Kier molecular flexibility index (Phi) is 5.64. The molecule has 0 spiro atoms. The second-order valence-electron chi connectivity index (χ2n) is 10.6. The van der Waals surface area contributed by atoms with Crippen LogP contribution < -0.4 is 0 Å². The number of furan rings is 2. The van der Waals surface area contributed by atoms with Crippen LogP contribution in [-0.2, 0) is 0 Å². The lowest BCUT2D eigenvalue weighted by Gasteiger charge is -2.20. The van der Waals surface area contributed by atoms with Gasteiger partial charge >= 0.3 is 0 Å². The summed E-state index contributed by atoms with van der Waals surface area (Å²) in [5.41, 5.74) is 12.7. The van der Waals surface area contributed by atoms with Gasteiger partial charge in [0.1, 0.15) is 17.7 Å². The molecule has 0 fully saturated rings. The molecule has 5 aromatic carbocycles. The van der Waals surface area contributed by atoms with Gasteiger partial charge in [0.05, 0.1) is 34.8 Å². The normalized spacial score (nSPS) is 11.5. The summed E-state index contributed by atoms with van der Waals surface area (Å²) in [6.45, 7) is 2.16. The molecule has 0 bridgehead atoms. The second-order valence-corrected chi connectivity index (χ2v) is 10.6. The van der Waals surface area contributed by atoms with E-state index in [2.05, 4.69) is 115 Å². The highest BCUT2D eigenvalue weighted by Crippen LogP contribution is 2.43. The van der Waals surface area contributed by atoms with Crippen molar-refractivity contribution >= 4 is 22.0 Å². The fourth-order valence-electron chi connectivity index (χ4n) is 5.94. The SMILES string of the molecule is Cc1cc(-c2ccccc2)c(-n2c(-c3coc4ccc(-c5ccoc5)cc34)nc3ccccc32)c(-c2ccccc2)c1. The predicted octanol–water partition coefficient (Wildman–Crippen LogP) is 10.3. The minimum Gasteiger partial charge on any atom is -0.472 e. The number of hydrogen-bond acceptors (Lipinski definition) is 3. The van der Waals surface area contributed by atoms with Gasteiger partial charge in [-0.2, -0.15) is 0 Å². The van der Waals surface area contributed by atoms with Crippen LogP contribution >= 0.6 is 0 Å². The van der Waals surface area contributed by atoms with Crippen molar-refractivity contribution in [1.82, 2.24) is 9.55 Å². The van der Waals surface area contributed by atoms with E-state index in [-0.39, 0.29) is 0 Å². The fourth-order valence-corrected chi connectivity index (χ4v) is 5.94. The quantitative estimate of drug-likeness (QED) is 0.217. The highest BCUT2D eigenvalue weighted by atomic mass is 16.3. The number of para-hydroxylation sites is 2. The lowest BCUT2D eigenvalue weighted by Crippen LogP contribution is -2.03. The van der Waals surface area contributed by atoms with Crippen LogP contribution in [0.5, 0.6) is 0 Å². The fraction of sp³-hybridized carbons (Fsp3) is 0.0263. The van der Waals surface area contributed by atoms with Crippen molar-refractivity contribution < 1.29 is 8.83 Å². The third-order valence-electron chi connectivity index (χ3n) is 7.88. The summed E-state index contributed by atoms with van der Waals surface area (Å²) < 4.78 is 13.8. The monoisotopic (exact) mass is 542 g/mol. The maximum atomic E-state index is 6.13. The average molecular weight is 543 g/mol. The summed E-state index contributed by atoms with van der Waals surface area (Å²) in [6.07, 6.45) is 5.30. The van der Waals surface area contributed by atoms with Crippen molar-refractivity contribution in [3.05, 3.63) is 146 Å². The Labute approximate surface area is 243 Å². The molecule has 0 saturated heterocycles. The lowest BCUT2D eigenvalue weighted by molar-refractivity contribution is 0.568. The van der Waals surface area contributed by atoms with E-state index in [0.29, 0.717) is 0 Å². The summed E-state index contributed by atoms with van der Waals surface area (Å²) >= 11 is 0. The number of aryl methyl sites for hydroxylation is 1. The number of nitrogens with zero attached hydrogens (tertiary/aromatic N) is 2. The number of aromatic nitrogens is 2. The molecule has 4 nitrogen and oxygen atoms in total. The van der Waals surface area contributed by atoms with E-state index < -0.39 is 0 Å².